The minimum Gasteiger partial charge on any atom is -0.438 e. The predicted octanol–water partition coefficient (Wildman–Crippen LogP) is 4.36. The van der Waals surface area contributed by atoms with Gasteiger partial charge in [0.25, 0.3) is 0 Å². The lowest BCUT2D eigenvalue weighted by Crippen LogP contribution is -2.70. The Labute approximate surface area is 178 Å². The fraction of sp³-hybridized carbons (Fsp3) is 0.952. The van der Waals surface area contributed by atoms with E-state index in [0.29, 0.717) is 30.8 Å². The van der Waals surface area contributed by atoms with E-state index in [2.05, 4.69) is 13.8 Å². The Morgan fingerprint density at radius 1 is 1.14 bits per heavy atom. The lowest BCUT2D eigenvalue weighted by molar-refractivity contribution is -0.568. The highest BCUT2D eigenvalue weighted by molar-refractivity contribution is 7.99. The van der Waals surface area contributed by atoms with E-state index in [1.54, 1.807) is 4.90 Å². The van der Waals surface area contributed by atoms with E-state index in [1.807, 2.05) is 20.8 Å². The zero-order valence-corrected chi connectivity index (χ0v) is 19.0. The first-order valence-corrected chi connectivity index (χ1v) is 12.1. The Morgan fingerprint density at radius 2 is 1.90 bits per heavy atom. The molecule has 8 heteroatoms. The number of fused-ring (bicyclic) bond motifs is 2. The van der Waals surface area contributed by atoms with Crippen molar-refractivity contribution in [2.45, 2.75) is 83.4 Å². The number of hydrogen-bond donors (Lipinski definition) is 0. The highest BCUT2D eigenvalue weighted by Crippen LogP contribution is 2.61. The molecule has 0 radical (unpaired) electrons. The Hall–Kier alpha value is -0.540. The molecule has 0 unspecified atom stereocenters. The Bertz CT molecular complexity index is 618. The van der Waals surface area contributed by atoms with E-state index < -0.39 is 17.7 Å². The number of hydrogen-bond acceptors (Lipinski definition) is 7. The molecule has 0 N–H and O–H groups in total. The Morgan fingerprint density at radius 3 is 2.62 bits per heavy atom. The average molecular weight is 430 g/mol. The summed E-state index contributed by atoms with van der Waals surface area (Å²) in [6.07, 6.45) is 3.36. The summed E-state index contributed by atoms with van der Waals surface area (Å²) in [4.78, 5) is 25.8. The summed E-state index contributed by atoms with van der Waals surface area (Å²) in [5, 5.41) is 0. The van der Waals surface area contributed by atoms with Crippen molar-refractivity contribution in [3.8, 4) is 0 Å². The maximum Gasteiger partial charge on any atom is 0.410 e. The van der Waals surface area contributed by atoms with Gasteiger partial charge >= 0.3 is 6.09 Å². The van der Waals surface area contributed by atoms with E-state index >= 15 is 0 Å². The molecule has 4 saturated heterocycles. The van der Waals surface area contributed by atoms with Crippen molar-refractivity contribution in [2.24, 2.45) is 23.7 Å². The molecule has 5 rings (SSSR count). The van der Waals surface area contributed by atoms with E-state index in [0.717, 1.165) is 19.3 Å². The molecule has 1 saturated carbocycles. The van der Waals surface area contributed by atoms with Gasteiger partial charge in [-0.15, -0.1) is 0 Å². The molecule has 4 heterocycles. The second kappa shape index (κ2) is 8.19. The summed E-state index contributed by atoms with van der Waals surface area (Å²) in [6.45, 7) is 11.7. The highest BCUT2D eigenvalue weighted by Gasteiger charge is 2.69. The second-order valence-corrected chi connectivity index (χ2v) is 10.2. The second-order valence-electron chi connectivity index (χ2n) is 9.14. The summed E-state index contributed by atoms with van der Waals surface area (Å²) >= 11 is 1.53. The first-order chi connectivity index (χ1) is 13.8. The van der Waals surface area contributed by atoms with Crippen LogP contribution in [0.2, 0.25) is 0 Å². The summed E-state index contributed by atoms with van der Waals surface area (Å²) in [5.41, 5.74) is -0.650. The zero-order valence-electron chi connectivity index (χ0n) is 18.2. The van der Waals surface area contributed by atoms with Gasteiger partial charge in [0, 0.05) is 25.4 Å². The molecule has 2 bridgehead atoms. The van der Waals surface area contributed by atoms with Crippen molar-refractivity contribution in [3.05, 3.63) is 0 Å². The van der Waals surface area contributed by atoms with Gasteiger partial charge in [0.1, 0.15) is 11.4 Å². The van der Waals surface area contributed by atoms with Gasteiger partial charge in [-0.2, -0.15) is 0 Å². The molecule has 1 aliphatic carbocycles. The van der Waals surface area contributed by atoms with Crippen molar-refractivity contribution in [1.29, 1.82) is 0 Å². The van der Waals surface area contributed by atoms with Gasteiger partial charge in [0.05, 0.1) is 0 Å². The average Bonchev–Trinajstić information content (AvgIpc) is 2.92. The van der Waals surface area contributed by atoms with Gasteiger partial charge in [-0.1, -0.05) is 25.6 Å². The monoisotopic (exact) mass is 429 g/mol. The number of carbonyl (C=O) groups is 1. The maximum atomic E-state index is 12.1. The molecule has 0 aromatic carbocycles. The fourth-order valence-corrected chi connectivity index (χ4v) is 6.76. The van der Waals surface area contributed by atoms with Gasteiger partial charge in [0.15, 0.2) is 11.9 Å². The molecule has 8 atom stereocenters. The summed E-state index contributed by atoms with van der Waals surface area (Å²) in [7, 11) is 0. The minimum absolute atomic E-state index is 0.110. The van der Waals surface area contributed by atoms with Crippen molar-refractivity contribution in [3.63, 3.8) is 0 Å². The number of rotatable bonds is 5. The lowest BCUT2D eigenvalue weighted by Gasteiger charge is -2.60. The molecule has 5 fully saturated rings. The number of nitrogens with zero attached hydrogens (tertiary/aromatic N) is 1. The number of thioether (sulfide) groups is 1. The predicted molar refractivity (Wildman–Crippen MR) is 109 cm³/mol. The van der Waals surface area contributed by atoms with Gasteiger partial charge in [-0.25, -0.2) is 14.6 Å². The fourth-order valence-electron chi connectivity index (χ4n) is 5.79. The number of amides is 1. The van der Waals surface area contributed by atoms with Gasteiger partial charge in [0.2, 0.25) is 5.79 Å². The minimum atomic E-state index is -0.761. The largest absolute Gasteiger partial charge is 0.438 e. The molecule has 4 aliphatic heterocycles. The molecule has 1 amide bonds. The standard InChI is InChI=1S/C21H35NO6S/c1-6-22(7-2)19(23)24-12-29-17-14(4)16-9-8-13(3)15-10-11-20(5)26-18(25-17)21(15,16)28-27-20/h13-18H,6-12H2,1-5H3/t13-,14-,15+,16+,17+,18-,20+,21-/m1/s1. The molecular weight excluding hydrogens is 394 g/mol. The lowest BCUT2D eigenvalue weighted by atomic mass is 9.58. The van der Waals surface area contributed by atoms with Crippen LogP contribution in [-0.4, -0.2) is 53.1 Å². The smallest absolute Gasteiger partial charge is 0.410 e. The Balaban J connectivity index is 1.48. The van der Waals surface area contributed by atoms with Crippen LogP contribution < -0.4 is 0 Å². The molecule has 166 valence electrons. The molecule has 5 aliphatic rings. The van der Waals surface area contributed by atoms with Crippen LogP contribution in [0.4, 0.5) is 4.79 Å². The van der Waals surface area contributed by atoms with Crippen molar-refractivity contribution < 1.29 is 28.8 Å². The van der Waals surface area contributed by atoms with E-state index in [9.17, 15) is 4.79 Å². The van der Waals surface area contributed by atoms with E-state index in [1.165, 1.54) is 18.2 Å². The normalized spacial score (nSPS) is 46.0. The topological polar surface area (TPSA) is 66.5 Å². The van der Waals surface area contributed by atoms with Crippen molar-refractivity contribution in [1.82, 2.24) is 4.90 Å². The van der Waals surface area contributed by atoms with E-state index in [4.69, 9.17) is 24.0 Å². The third kappa shape index (κ3) is 3.59. The first-order valence-electron chi connectivity index (χ1n) is 11.1. The third-order valence-corrected chi connectivity index (χ3v) is 8.66. The number of ether oxygens (including phenoxy) is 3. The van der Waals surface area contributed by atoms with Crippen LogP contribution >= 0.6 is 11.8 Å². The van der Waals surface area contributed by atoms with Crippen LogP contribution in [0.5, 0.6) is 0 Å². The van der Waals surface area contributed by atoms with Crippen LogP contribution in [0.1, 0.15) is 60.3 Å². The van der Waals surface area contributed by atoms with Gasteiger partial charge in [-0.05, 0) is 57.8 Å². The Kier molecular flexibility index (Phi) is 6.12. The van der Waals surface area contributed by atoms with Crippen molar-refractivity contribution in [2.75, 3.05) is 19.0 Å². The molecule has 1 spiro atoms. The van der Waals surface area contributed by atoms with Crippen LogP contribution in [0, 0.1) is 23.7 Å². The molecule has 0 aromatic heterocycles. The number of carbonyl (C=O) groups excluding carboxylic acids is 1. The molecule has 7 nitrogen and oxygen atoms in total. The maximum absolute atomic E-state index is 12.1. The molecule has 29 heavy (non-hydrogen) atoms. The van der Waals surface area contributed by atoms with Crippen LogP contribution in [0.25, 0.3) is 0 Å². The summed E-state index contributed by atoms with van der Waals surface area (Å²) < 4.78 is 18.3. The first kappa shape index (κ1) is 21.7. The van der Waals surface area contributed by atoms with Crippen LogP contribution in [-0.2, 0) is 24.0 Å². The van der Waals surface area contributed by atoms with Crippen LogP contribution in [0.3, 0.4) is 0 Å². The van der Waals surface area contributed by atoms with Crippen molar-refractivity contribution >= 4 is 17.9 Å². The van der Waals surface area contributed by atoms with Gasteiger partial charge < -0.3 is 19.1 Å². The SMILES string of the molecule is CCN(CC)C(=O)OCS[C@@H]1O[C@@H]2O[C@]3(C)CC[C@H]4[C@H](C)CC[C@@H]([C@H]1C)[C@@]24OO3. The van der Waals surface area contributed by atoms with Crippen LogP contribution in [0.15, 0.2) is 0 Å². The molecular formula is C21H35NO6S. The van der Waals surface area contributed by atoms with E-state index in [-0.39, 0.29) is 23.4 Å². The highest BCUT2D eigenvalue weighted by atomic mass is 32.2. The van der Waals surface area contributed by atoms with Gasteiger partial charge in [-0.3, -0.25) is 0 Å². The zero-order chi connectivity index (χ0) is 20.8. The summed E-state index contributed by atoms with van der Waals surface area (Å²) in [6, 6.07) is 0. The quantitative estimate of drug-likeness (QED) is 0.475. The molecule has 0 aromatic rings. The third-order valence-electron chi connectivity index (χ3n) is 7.53. The summed E-state index contributed by atoms with van der Waals surface area (Å²) in [5.74, 6) is 0.961.